The van der Waals surface area contributed by atoms with E-state index >= 15 is 8.78 Å². The summed E-state index contributed by atoms with van der Waals surface area (Å²) in [4.78, 5) is 65.8. The Bertz CT molecular complexity index is 2270. The van der Waals surface area contributed by atoms with Crippen LogP contribution in [0.25, 0.3) is 11.3 Å². The van der Waals surface area contributed by atoms with E-state index in [4.69, 9.17) is 4.74 Å². The third-order valence-corrected chi connectivity index (χ3v) is 13.2. The highest BCUT2D eigenvalue weighted by Crippen LogP contribution is 2.39. The average molecular weight is 884 g/mol. The number of hydrogen-bond donors (Lipinski definition) is 2. The Morgan fingerprint density at radius 2 is 1.70 bits per heavy atom. The van der Waals surface area contributed by atoms with Gasteiger partial charge in [-0.15, -0.1) is 0 Å². The molecule has 0 saturated carbocycles. The molecule has 0 aliphatic carbocycles. The Labute approximate surface area is 371 Å². The van der Waals surface area contributed by atoms with Gasteiger partial charge in [-0.25, -0.2) is 23.1 Å². The second-order valence-electron chi connectivity index (χ2n) is 16.6. The highest BCUT2D eigenvalue weighted by molar-refractivity contribution is 7.97. The molecule has 14 nitrogen and oxygen atoms in total. The lowest BCUT2D eigenvalue weighted by atomic mass is 9.95. The Hall–Kier alpha value is -5.65. The van der Waals surface area contributed by atoms with Crippen molar-refractivity contribution in [1.82, 2.24) is 29.4 Å². The van der Waals surface area contributed by atoms with Crippen molar-refractivity contribution in [2.75, 3.05) is 81.1 Å². The molecule has 3 amide bonds. The molecule has 3 aliphatic heterocycles. The molecule has 2 N–H and O–H groups in total. The van der Waals surface area contributed by atoms with Crippen LogP contribution in [-0.2, 0) is 9.59 Å². The molecule has 0 bridgehead atoms. The molecule has 1 unspecified atom stereocenters. The zero-order valence-electron chi connectivity index (χ0n) is 36.2. The molecule has 1 atom stereocenters. The normalized spacial score (nSPS) is 16.6. The predicted molar refractivity (Wildman–Crippen MR) is 241 cm³/mol. The fourth-order valence-electron chi connectivity index (χ4n) is 8.31. The Morgan fingerprint density at radius 1 is 0.952 bits per heavy atom. The topological polar surface area (TPSA) is 144 Å². The maximum atomic E-state index is 15.2. The number of piperazine rings is 1. The van der Waals surface area contributed by atoms with Gasteiger partial charge in [-0.1, -0.05) is 0 Å². The van der Waals surface area contributed by atoms with Crippen LogP contribution in [-0.4, -0.2) is 127 Å². The molecule has 1 aromatic heterocycles. The van der Waals surface area contributed by atoms with Crippen LogP contribution in [0.2, 0.25) is 0 Å². The lowest BCUT2D eigenvalue weighted by molar-refractivity contribution is -0.125. The Morgan fingerprint density at radius 3 is 2.40 bits per heavy atom. The number of ether oxygens (including phenoxy) is 1. The highest BCUT2D eigenvalue weighted by Gasteiger charge is 2.28. The van der Waals surface area contributed by atoms with Crippen molar-refractivity contribution in [1.29, 1.82) is 0 Å². The number of hydrogen-bond acceptors (Lipinski definition) is 13. The summed E-state index contributed by atoms with van der Waals surface area (Å²) in [5.74, 6) is -0.963. The summed E-state index contributed by atoms with van der Waals surface area (Å²) in [5.41, 5.74) is 3.20. The van der Waals surface area contributed by atoms with Gasteiger partial charge >= 0.3 is 0 Å². The maximum Gasteiger partial charge on any atom is 0.254 e. The number of aromatic nitrogens is 2. The van der Waals surface area contributed by atoms with E-state index < -0.39 is 17.5 Å². The van der Waals surface area contributed by atoms with Gasteiger partial charge in [-0.3, -0.25) is 24.5 Å². The summed E-state index contributed by atoms with van der Waals surface area (Å²) in [7, 11) is 1.66. The predicted octanol–water partition coefficient (Wildman–Crippen LogP) is 6.64. The van der Waals surface area contributed by atoms with E-state index in [9.17, 15) is 19.2 Å². The van der Waals surface area contributed by atoms with Crippen LogP contribution < -0.4 is 25.2 Å². The van der Waals surface area contributed by atoms with E-state index in [1.54, 1.807) is 36.0 Å². The van der Waals surface area contributed by atoms with Gasteiger partial charge in [-0.05, 0) is 112 Å². The number of rotatable bonds is 16. The van der Waals surface area contributed by atoms with Gasteiger partial charge in [-0.2, -0.15) is 0 Å². The molecule has 4 heterocycles. The minimum absolute atomic E-state index is 0.00130. The molecule has 0 radical (unpaired) electrons. The zero-order chi connectivity index (χ0) is 44.6. The SMILES string of the molecule is CC(CCC(=O)NC=O)N(C)C(=O)c1cc(N2CCC(CN3CCN(Sc4ccc(Nc5ncc(F)c(-c6cc(F)c7c(c6)N(C(C)C)CCO7)n5)cc4)CC3)CC2)ccc1C=O. The Balaban J connectivity index is 0.866. The van der Waals surface area contributed by atoms with Gasteiger partial charge in [0.05, 0.1) is 24.0 Å². The number of imide groups is 1. The van der Waals surface area contributed by atoms with Gasteiger partial charge in [0.25, 0.3) is 5.91 Å². The second kappa shape index (κ2) is 20.7. The van der Waals surface area contributed by atoms with Crippen LogP contribution in [0.3, 0.4) is 0 Å². The smallest absolute Gasteiger partial charge is 0.254 e. The van der Waals surface area contributed by atoms with Gasteiger partial charge < -0.3 is 29.7 Å². The zero-order valence-corrected chi connectivity index (χ0v) is 37.0. The molecular formula is C46H55F2N9O5S. The molecule has 3 aromatic carbocycles. The fraction of sp³-hybridized carbons (Fsp3) is 0.435. The van der Waals surface area contributed by atoms with Crippen LogP contribution in [0.15, 0.2) is 65.7 Å². The molecule has 334 valence electrons. The lowest BCUT2D eigenvalue weighted by Gasteiger charge is -2.39. The first kappa shape index (κ1) is 45.4. The molecule has 4 aromatic rings. The number of halogens is 2. The number of benzene rings is 3. The number of nitrogens with one attached hydrogen (secondary N) is 2. The Kier molecular flexibility index (Phi) is 14.9. The van der Waals surface area contributed by atoms with E-state index in [0.717, 1.165) is 81.1 Å². The van der Waals surface area contributed by atoms with Crippen molar-refractivity contribution in [3.8, 4) is 17.0 Å². The third kappa shape index (κ3) is 11.1. The van der Waals surface area contributed by atoms with Crippen LogP contribution in [0.4, 0.5) is 31.8 Å². The summed E-state index contributed by atoms with van der Waals surface area (Å²) < 4.78 is 38.2. The molecular weight excluding hydrogens is 829 g/mol. The minimum Gasteiger partial charge on any atom is -0.486 e. The second-order valence-corrected chi connectivity index (χ2v) is 17.8. The van der Waals surface area contributed by atoms with Gasteiger partial charge in [0.1, 0.15) is 12.3 Å². The fourth-order valence-corrected chi connectivity index (χ4v) is 9.22. The number of anilines is 4. The monoisotopic (exact) mass is 883 g/mol. The summed E-state index contributed by atoms with van der Waals surface area (Å²) >= 11 is 1.72. The number of fused-ring (bicyclic) bond motifs is 1. The van der Waals surface area contributed by atoms with E-state index in [0.29, 0.717) is 60.6 Å². The number of nitrogens with zero attached hydrogens (tertiary/aromatic N) is 7. The molecule has 17 heteroatoms. The van der Waals surface area contributed by atoms with Crippen LogP contribution in [0, 0.1) is 17.6 Å². The molecule has 2 fully saturated rings. The first-order valence-corrected chi connectivity index (χ1v) is 22.3. The molecule has 2 saturated heterocycles. The molecule has 0 spiro atoms. The van der Waals surface area contributed by atoms with Gasteiger partial charge in [0, 0.05) is 98.8 Å². The summed E-state index contributed by atoms with van der Waals surface area (Å²) in [6, 6.07) is 16.2. The van der Waals surface area contributed by atoms with Gasteiger partial charge in [0.2, 0.25) is 18.3 Å². The number of aldehydes is 1. The van der Waals surface area contributed by atoms with Crippen LogP contribution in [0.5, 0.6) is 5.75 Å². The van der Waals surface area contributed by atoms with Crippen LogP contribution in [0.1, 0.15) is 67.2 Å². The van der Waals surface area contributed by atoms with Crippen molar-refractivity contribution >= 4 is 59.5 Å². The summed E-state index contributed by atoms with van der Waals surface area (Å²) in [5, 5.41) is 5.28. The summed E-state index contributed by atoms with van der Waals surface area (Å²) in [6.07, 6.45) is 4.68. The van der Waals surface area contributed by atoms with Crippen molar-refractivity contribution in [3.05, 3.63) is 83.6 Å². The quantitative estimate of drug-likeness (QED) is 0.0918. The van der Waals surface area contributed by atoms with E-state index in [1.165, 1.54) is 6.07 Å². The van der Waals surface area contributed by atoms with Gasteiger partial charge in [0.15, 0.2) is 23.7 Å². The van der Waals surface area contributed by atoms with Crippen molar-refractivity contribution in [2.24, 2.45) is 5.92 Å². The van der Waals surface area contributed by atoms with Crippen LogP contribution >= 0.6 is 11.9 Å². The highest BCUT2D eigenvalue weighted by atomic mass is 32.2. The minimum atomic E-state index is -0.648. The first-order chi connectivity index (χ1) is 30.4. The van der Waals surface area contributed by atoms with Crippen molar-refractivity contribution in [3.63, 3.8) is 0 Å². The van der Waals surface area contributed by atoms with E-state index in [1.807, 2.05) is 62.1 Å². The molecule has 7 rings (SSSR count). The number of carbonyl (C=O) groups is 4. The van der Waals surface area contributed by atoms with E-state index in [2.05, 4.69) is 34.7 Å². The average Bonchev–Trinajstić information content (AvgIpc) is 3.29. The number of piperidine rings is 1. The molecule has 63 heavy (non-hydrogen) atoms. The standard InChI is InChI=1S/C46H55F2N9O5S/c1-30(2)57-21-22-62-44-39(47)23-34(24-41(44)57)43-40(48)26-49-46(52-43)51-35-7-10-37(11-8-35)63-56-19-17-54(18-20-56)27-32-13-15-55(16-14-32)36-9-6-33(28-58)38(25-36)45(61)53(4)31(3)5-12-42(60)50-29-59/h6-11,23-26,28-32H,5,12-22,27H2,1-4H3,(H,49,51,52)(H,50,59,60). The van der Waals surface area contributed by atoms with Crippen molar-refractivity contribution in [2.45, 2.75) is 63.4 Å². The van der Waals surface area contributed by atoms with E-state index in [-0.39, 0.29) is 41.8 Å². The van der Waals surface area contributed by atoms with Crippen molar-refractivity contribution < 1.29 is 32.7 Å². The largest absolute Gasteiger partial charge is 0.486 e. The number of carbonyl (C=O) groups excluding carboxylic acids is 4. The maximum absolute atomic E-state index is 15.2. The first-order valence-electron chi connectivity index (χ1n) is 21.5. The molecule has 3 aliphatic rings. The summed E-state index contributed by atoms with van der Waals surface area (Å²) in [6.45, 7) is 13.4. The lowest BCUT2D eigenvalue weighted by Crippen LogP contribution is -2.46. The third-order valence-electron chi connectivity index (χ3n) is 12.1. The number of amides is 3.